The highest BCUT2D eigenvalue weighted by Crippen LogP contribution is 2.19. The van der Waals surface area contributed by atoms with Crippen LogP contribution in [0.5, 0.6) is 0 Å². The van der Waals surface area contributed by atoms with Crippen LogP contribution in [0.3, 0.4) is 0 Å². The van der Waals surface area contributed by atoms with Gasteiger partial charge in [-0.1, -0.05) is 48.0 Å². The zero-order chi connectivity index (χ0) is 17.6. The molecule has 0 fully saturated rings. The first-order valence-corrected chi connectivity index (χ1v) is 8.04. The molecule has 126 valence electrons. The molecule has 0 aliphatic carbocycles. The molecule has 1 N–H and O–H groups in total. The number of aryl methyl sites for hydroxylation is 1. The summed E-state index contributed by atoms with van der Waals surface area (Å²) in [5.41, 5.74) is 5.22. The first-order valence-electron chi connectivity index (χ1n) is 7.66. The van der Waals surface area contributed by atoms with E-state index in [1.165, 1.54) is 6.21 Å². The fourth-order valence-electron chi connectivity index (χ4n) is 2.28. The Balaban J connectivity index is 1.71. The van der Waals surface area contributed by atoms with Crippen LogP contribution in [0.25, 0.3) is 0 Å². The van der Waals surface area contributed by atoms with Gasteiger partial charge in [-0.05, 0) is 24.6 Å². The van der Waals surface area contributed by atoms with Gasteiger partial charge < -0.3 is 0 Å². The lowest BCUT2D eigenvalue weighted by atomic mass is 10.2. The Morgan fingerprint density at radius 1 is 1.24 bits per heavy atom. The van der Waals surface area contributed by atoms with E-state index in [2.05, 4.69) is 20.6 Å². The van der Waals surface area contributed by atoms with Crippen molar-refractivity contribution in [1.29, 1.82) is 0 Å². The van der Waals surface area contributed by atoms with Crippen molar-refractivity contribution in [2.45, 2.75) is 13.5 Å². The molecule has 3 rings (SSSR count). The Morgan fingerprint density at radius 3 is 2.72 bits per heavy atom. The molecule has 6 nitrogen and oxygen atoms in total. The van der Waals surface area contributed by atoms with E-state index < -0.39 is 0 Å². The maximum Gasteiger partial charge on any atom is 0.289 e. The maximum absolute atomic E-state index is 11.9. The second-order valence-electron chi connectivity index (χ2n) is 5.35. The summed E-state index contributed by atoms with van der Waals surface area (Å²) < 4.78 is 1.70. The van der Waals surface area contributed by atoms with Gasteiger partial charge in [-0.2, -0.15) is 10.2 Å². The van der Waals surface area contributed by atoms with E-state index in [0.29, 0.717) is 23.0 Å². The standard InChI is InChI=1S/C18H16ClN5O/c1-13-15(11-21-22-18(25)16-9-5-6-10-20-16)17(19)24(23-13)12-14-7-3-2-4-8-14/h2-11H,12H2,1H3,(H,22,25)/b21-11-. The minimum absolute atomic E-state index is 0.294. The first kappa shape index (κ1) is 16.9. The monoisotopic (exact) mass is 353 g/mol. The zero-order valence-electron chi connectivity index (χ0n) is 13.6. The third-order valence-electron chi connectivity index (χ3n) is 3.54. The SMILES string of the molecule is Cc1nn(Cc2ccccc2)c(Cl)c1/C=N\NC(=O)c1ccccn1. The van der Waals surface area contributed by atoms with Crippen molar-refractivity contribution in [3.8, 4) is 0 Å². The van der Waals surface area contributed by atoms with Crippen molar-refractivity contribution in [3.63, 3.8) is 0 Å². The topological polar surface area (TPSA) is 72.2 Å². The van der Waals surface area contributed by atoms with Crippen LogP contribution < -0.4 is 5.43 Å². The van der Waals surface area contributed by atoms with Crippen LogP contribution in [0.4, 0.5) is 0 Å². The number of halogens is 1. The molecular formula is C18H16ClN5O. The lowest BCUT2D eigenvalue weighted by molar-refractivity contribution is 0.0950. The highest BCUT2D eigenvalue weighted by Gasteiger charge is 2.12. The van der Waals surface area contributed by atoms with Gasteiger partial charge in [-0.25, -0.2) is 10.1 Å². The summed E-state index contributed by atoms with van der Waals surface area (Å²) in [5, 5.41) is 8.86. The van der Waals surface area contributed by atoms with Gasteiger partial charge >= 0.3 is 0 Å². The number of amides is 1. The Labute approximate surface area is 150 Å². The maximum atomic E-state index is 11.9. The molecule has 25 heavy (non-hydrogen) atoms. The van der Waals surface area contributed by atoms with Gasteiger partial charge in [0.25, 0.3) is 5.91 Å². The van der Waals surface area contributed by atoms with Gasteiger partial charge in [-0.3, -0.25) is 9.78 Å². The average Bonchev–Trinajstić information content (AvgIpc) is 2.90. The molecular weight excluding hydrogens is 338 g/mol. The lowest BCUT2D eigenvalue weighted by Gasteiger charge is -2.03. The Hall–Kier alpha value is -2.99. The number of benzene rings is 1. The number of aromatic nitrogens is 3. The summed E-state index contributed by atoms with van der Waals surface area (Å²) in [5.74, 6) is -0.387. The number of hydrogen-bond acceptors (Lipinski definition) is 4. The minimum Gasteiger partial charge on any atom is -0.266 e. The fourth-order valence-corrected chi connectivity index (χ4v) is 2.57. The van der Waals surface area contributed by atoms with E-state index in [4.69, 9.17) is 11.6 Å². The molecule has 2 aromatic heterocycles. The van der Waals surface area contributed by atoms with Gasteiger partial charge in [0, 0.05) is 6.20 Å². The van der Waals surface area contributed by atoms with Crippen LogP contribution in [0.1, 0.15) is 27.3 Å². The molecule has 0 unspecified atom stereocenters. The predicted molar refractivity (Wildman–Crippen MR) is 96.8 cm³/mol. The van der Waals surface area contributed by atoms with Crippen molar-refractivity contribution in [3.05, 3.63) is 82.4 Å². The summed E-state index contributed by atoms with van der Waals surface area (Å²) in [6.45, 7) is 2.41. The first-order chi connectivity index (χ1) is 12.1. The van der Waals surface area contributed by atoms with Crippen LogP contribution in [0, 0.1) is 6.92 Å². The Kier molecular flexibility index (Phi) is 5.20. The smallest absolute Gasteiger partial charge is 0.266 e. The molecule has 0 bridgehead atoms. The van der Waals surface area contributed by atoms with Gasteiger partial charge in [0.05, 0.1) is 24.0 Å². The van der Waals surface area contributed by atoms with Crippen molar-refractivity contribution >= 4 is 23.7 Å². The van der Waals surface area contributed by atoms with Gasteiger partial charge in [0.2, 0.25) is 0 Å². The van der Waals surface area contributed by atoms with Crippen LogP contribution in [-0.2, 0) is 6.54 Å². The molecule has 1 aromatic carbocycles. The second kappa shape index (κ2) is 7.72. The zero-order valence-corrected chi connectivity index (χ0v) is 14.3. The van der Waals surface area contributed by atoms with Crippen molar-refractivity contribution in [2.24, 2.45) is 5.10 Å². The molecule has 0 aliphatic heterocycles. The Bertz CT molecular complexity index is 891. The van der Waals surface area contributed by atoms with E-state index in [9.17, 15) is 4.79 Å². The number of nitrogens with one attached hydrogen (secondary N) is 1. The highest BCUT2D eigenvalue weighted by atomic mass is 35.5. The molecule has 0 aliphatic rings. The number of pyridine rings is 1. The van der Waals surface area contributed by atoms with Gasteiger partial charge in [0.1, 0.15) is 10.8 Å². The predicted octanol–water partition coefficient (Wildman–Crippen LogP) is 3.05. The average molecular weight is 354 g/mol. The van der Waals surface area contributed by atoms with E-state index >= 15 is 0 Å². The molecule has 1 amide bonds. The molecule has 0 spiro atoms. The molecule has 2 heterocycles. The molecule has 0 saturated carbocycles. The third kappa shape index (κ3) is 4.10. The Morgan fingerprint density at radius 2 is 2.00 bits per heavy atom. The summed E-state index contributed by atoms with van der Waals surface area (Å²) in [6.07, 6.45) is 3.04. The van der Waals surface area contributed by atoms with E-state index in [0.717, 1.165) is 11.3 Å². The molecule has 0 radical (unpaired) electrons. The third-order valence-corrected chi connectivity index (χ3v) is 3.94. The minimum atomic E-state index is -0.387. The number of nitrogens with zero attached hydrogens (tertiary/aromatic N) is 4. The number of carbonyl (C=O) groups is 1. The van der Waals surface area contributed by atoms with E-state index in [1.807, 2.05) is 37.3 Å². The van der Waals surface area contributed by atoms with Crippen LogP contribution in [0.15, 0.2) is 59.8 Å². The molecule has 7 heteroatoms. The summed E-state index contributed by atoms with van der Waals surface area (Å²) in [6, 6.07) is 15.0. The van der Waals surface area contributed by atoms with Gasteiger partial charge in [-0.15, -0.1) is 0 Å². The van der Waals surface area contributed by atoms with Crippen LogP contribution in [-0.4, -0.2) is 26.9 Å². The molecule has 0 saturated heterocycles. The quantitative estimate of drug-likeness (QED) is 0.566. The summed E-state index contributed by atoms with van der Waals surface area (Å²) in [7, 11) is 0. The van der Waals surface area contributed by atoms with E-state index in [-0.39, 0.29) is 5.91 Å². The summed E-state index contributed by atoms with van der Waals surface area (Å²) >= 11 is 6.40. The van der Waals surface area contributed by atoms with Crippen LogP contribution >= 0.6 is 11.6 Å². The van der Waals surface area contributed by atoms with Gasteiger partial charge in [0.15, 0.2) is 0 Å². The number of hydrazone groups is 1. The van der Waals surface area contributed by atoms with Crippen molar-refractivity contribution in [2.75, 3.05) is 0 Å². The van der Waals surface area contributed by atoms with E-state index in [1.54, 1.807) is 29.1 Å². The lowest BCUT2D eigenvalue weighted by Crippen LogP contribution is -2.18. The number of carbonyl (C=O) groups excluding carboxylic acids is 1. The van der Waals surface area contributed by atoms with Crippen molar-refractivity contribution in [1.82, 2.24) is 20.2 Å². The van der Waals surface area contributed by atoms with Crippen molar-refractivity contribution < 1.29 is 4.79 Å². The molecule has 3 aromatic rings. The molecule has 0 atom stereocenters. The largest absolute Gasteiger partial charge is 0.289 e. The highest BCUT2D eigenvalue weighted by molar-refractivity contribution is 6.32. The fraction of sp³-hybridized carbons (Fsp3) is 0.111. The summed E-state index contributed by atoms with van der Waals surface area (Å²) in [4.78, 5) is 15.9. The number of rotatable bonds is 5. The normalized spacial score (nSPS) is 11.0. The second-order valence-corrected chi connectivity index (χ2v) is 5.71. The van der Waals surface area contributed by atoms with Crippen LogP contribution in [0.2, 0.25) is 5.15 Å². The number of hydrogen-bond donors (Lipinski definition) is 1.